The van der Waals surface area contributed by atoms with Crippen LogP contribution in [0.25, 0.3) is 0 Å². The third kappa shape index (κ3) is 2.69. The second-order valence-electron chi connectivity index (χ2n) is 4.24. The number of hydrogen-bond acceptors (Lipinski definition) is 3. The zero-order chi connectivity index (χ0) is 9.80. The molecule has 4 nitrogen and oxygen atoms in total. The van der Waals surface area contributed by atoms with E-state index in [1.54, 1.807) is 0 Å². The van der Waals surface area contributed by atoms with Gasteiger partial charge in [0.15, 0.2) is 0 Å². The quantitative estimate of drug-likeness (QED) is 0.577. The fraction of sp³-hybridized carbons (Fsp3) is 0.900. The van der Waals surface area contributed by atoms with Crippen LogP contribution in [0.5, 0.6) is 0 Å². The molecule has 14 heavy (non-hydrogen) atoms. The van der Waals surface area contributed by atoms with Crippen LogP contribution >= 0.6 is 0 Å². The van der Waals surface area contributed by atoms with Gasteiger partial charge in [-0.1, -0.05) is 0 Å². The van der Waals surface area contributed by atoms with Gasteiger partial charge in [-0.3, -0.25) is 4.79 Å². The summed E-state index contributed by atoms with van der Waals surface area (Å²) in [5, 5.41) is 9.85. The smallest absolute Gasteiger partial charge is 0.220 e. The second kappa shape index (κ2) is 4.75. The summed E-state index contributed by atoms with van der Waals surface area (Å²) in [6.45, 7) is 3.18. The van der Waals surface area contributed by atoms with Gasteiger partial charge in [0.05, 0.1) is 0 Å². The summed E-state index contributed by atoms with van der Waals surface area (Å²) in [5.41, 5.74) is 0. The molecule has 1 unspecified atom stereocenters. The standard InChI is InChI=1S/C10H19N3O/c14-10-2-1-9(13-10)7-12-8-3-5-11-6-4-8/h8-9,11-12H,1-7H2,(H,13,14). The normalized spacial score (nSPS) is 29.1. The van der Waals surface area contributed by atoms with E-state index in [4.69, 9.17) is 0 Å². The van der Waals surface area contributed by atoms with Crippen molar-refractivity contribution >= 4 is 5.91 Å². The van der Waals surface area contributed by atoms with Gasteiger partial charge in [-0.05, 0) is 32.4 Å². The Balaban J connectivity index is 1.63. The average Bonchev–Trinajstić information content (AvgIpc) is 2.63. The van der Waals surface area contributed by atoms with Gasteiger partial charge in [0.1, 0.15) is 0 Å². The van der Waals surface area contributed by atoms with Gasteiger partial charge >= 0.3 is 0 Å². The van der Waals surface area contributed by atoms with E-state index >= 15 is 0 Å². The van der Waals surface area contributed by atoms with Crippen molar-refractivity contribution in [2.75, 3.05) is 19.6 Å². The summed E-state index contributed by atoms with van der Waals surface area (Å²) in [6, 6.07) is 1.02. The topological polar surface area (TPSA) is 53.2 Å². The molecule has 1 atom stereocenters. The average molecular weight is 197 g/mol. The molecule has 0 saturated carbocycles. The summed E-state index contributed by atoms with van der Waals surface area (Å²) in [7, 11) is 0. The minimum Gasteiger partial charge on any atom is -0.352 e. The van der Waals surface area contributed by atoms with Gasteiger partial charge in [-0.25, -0.2) is 0 Å². The number of carbonyl (C=O) groups excluding carboxylic acids is 1. The number of amides is 1. The van der Waals surface area contributed by atoms with E-state index in [0.29, 0.717) is 18.5 Å². The summed E-state index contributed by atoms with van der Waals surface area (Å²) >= 11 is 0. The highest BCUT2D eigenvalue weighted by molar-refractivity contribution is 5.78. The molecule has 2 fully saturated rings. The Labute approximate surface area is 84.8 Å². The van der Waals surface area contributed by atoms with Crippen molar-refractivity contribution in [1.29, 1.82) is 0 Å². The van der Waals surface area contributed by atoms with Crippen molar-refractivity contribution in [2.45, 2.75) is 37.8 Å². The van der Waals surface area contributed by atoms with E-state index in [2.05, 4.69) is 16.0 Å². The molecule has 2 heterocycles. The lowest BCUT2D eigenvalue weighted by Crippen LogP contribution is -2.45. The summed E-state index contributed by atoms with van der Waals surface area (Å²) < 4.78 is 0. The third-order valence-corrected chi connectivity index (χ3v) is 3.08. The van der Waals surface area contributed by atoms with Crippen LogP contribution < -0.4 is 16.0 Å². The molecule has 80 valence electrons. The van der Waals surface area contributed by atoms with Crippen molar-refractivity contribution in [3.05, 3.63) is 0 Å². The number of carbonyl (C=O) groups is 1. The van der Waals surface area contributed by atoms with Crippen LogP contribution in [0, 0.1) is 0 Å². The van der Waals surface area contributed by atoms with E-state index in [1.807, 2.05) is 0 Å². The highest BCUT2D eigenvalue weighted by Crippen LogP contribution is 2.07. The first-order chi connectivity index (χ1) is 6.84. The Morgan fingerprint density at radius 2 is 2.07 bits per heavy atom. The van der Waals surface area contributed by atoms with Gasteiger partial charge in [-0.2, -0.15) is 0 Å². The fourth-order valence-corrected chi connectivity index (χ4v) is 2.17. The van der Waals surface area contributed by atoms with E-state index < -0.39 is 0 Å². The van der Waals surface area contributed by atoms with E-state index in [-0.39, 0.29) is 5.91 Å². The molecule has 2 saturated heterocycles. The Kier molecular flexibility index (Phi) is 3.37. The van der Waals surface area contributed by atoms with Crippen LogP contribution in [0.15, 0.2) is 0 Å². The maximum atomic E-state index is 11.0. The van der Waals surface area contributed by atoms with Crippen molar-refractivity contribution in [3.63, 3.8) is 0 Å². The summed E-state index contributed by atoms with van der Waals surface area (Å²) in [4.78, 5) is 11.0. The zero-order valence-corrected chi connectivity index (χ0v) is 8.51. The maximum Gasteiger partial charge on any atom is 0.220 e. The predicted molar refractivity (Wildman–Crippen MR) is 55.1 cm³/mol. The molecular weight excluding hydrogens is 178 g/mol. The minimum absolute atomic E-state index is 0.210. The highest BCUT2D eigenvalue weighted by Gasteiger charge is 2.21. The largest absolute Gasteiger partial charge is 0.352 e. The Morgan fingerprint density at radius 1 is 1.29 bits per heavy atom. The Bertz CT molecular complexity index is 202. The minimum atomic E-state index is 0.210. The van der Waals surface area contributed by atoms with E-state index in [9.17, 15) is 4.79 Å². The first-order valence-corrected chi connectivity index (χ1v) is 5.58. The van der Waals surface area contributed by atoms with E-state index in [0.717, 1.165) is 26.1 Å². The molecule has 0 aromatic rings. The molecule has 0 spiro atoms. The molecule has 4 heteroatoms. The lowest BCUT2D eigenvalue weighted by molar-refractivity contribution is -0.119. The van der Waals surface area contributed by atoms with Crippen molar-refractivity contribution in [2.24, 2.45) is 0 Å². The van der Waals surface area contributed by atoms with Crippen molar-refractivity contribution in [1.82, 2.24) is 16.0 Å². The molecule has 2 rings (SSSR count). The van der Waals surface area contributed by atoms with Gasteiger partial charge in [0.2, 0.25) is 5.91 Å². The molecule has 0 radical (unpaired) electrons. The lowest BCUT2D eigenvalue weighted by atomic mass is 10.1. The van der Waals surface area contributed by atoms with Crippen LogP contribution in [0.3, 0.4) is 0 Å². The van der Waals surface area contributed by atoms with Crippen LogP contribution in [0.2, 0.25) is 0 Å². The van der Waals surface area contributed by atoms with Gasteiger partial charge in [0.25, 0.3) is 0 Å². The molecule has 3 N–H and O–H groups in total. The predicted octanol–water partition coefficient (Wildman–Crippen LogP) is -0.393. The highest BCUT2D eigenvalue weighted by atomic mass is 16.1. The zero-order valence-electron chi connectivity index (χ0n) is 8.51. The summed E-state index contributed by atoms with van der Waals surface area (Å²) in [6.07, 6.45) is 4.12. The van der Waals surface area contributed by atoms with Gasteiger partial charge in [0, 0.05) is 25.0 Å². The lowest BCUT2D eigenvalue weighted by Gasteiger charge is -2.25. The molecule has 0 bridgehead atoms. The molecule has 1 amide bonds. The SMILES string of the molecule is O=C1CCC(CNC2CCNCC2)N1. The number of nitrogens with one attached hydrogen (secondary N) is 3. The van der Waals surface area contributed by atoms with Crippen LogP contribution in [0.1, 0.15) is 25.7 Å². The number of piperidine rings is 1. The molecule has 2 aliphatic heterocycles. The number of hydrogen-bond donors (Lipinski definition) is 3. The molecule has 0 aliphatic carbocycles. The second-order valence-corrected chi connectivity index (χ2v) is 4.24. The first-order valence-electron chi connectivity index (χ1n) is 5.58. The van der Waals surface area contributed by atoms with Crippen LogP contribution in [-0.4, -0.2) is 37.6 Å². The number of rotatable bonds is 3. The van der Waals surface area contributed by atoms with E-state index in [1.165, 1.54) is 12.8 Å². The van der Waals surface area contributed by atoms with Gasteiger partial charge < -0.3 is 16.0 Å². The molecular formula is C10H19N3O. The Morgan fingerprint density at radius 3 is 2.71 bits per heavy atom. The van der Waals surface area contributed by atoms with Crippen LogP contribution in [0.4, 0.5) is 0 Å². The molecule has 0 aromatic carbocycles. The Hall–Kier alpha value is -0.610. The first kappa shape index (κ1) is 9.93. The van der Waals surface area contributed by atoms with Crippen molar-refractivity contribution in [3.8, 4) is 0 Å². The monoisotopic (exact) mass is 197 g/mol. The summed E-state index contributed by atoms with van der Waals surface area (Å²) in [5.74, 6) is 0.210. The van der Waals surface area contributed by atoms with Crippen LogP contribution in [-0.2, 0) is 4.79 Å². The molecule has 0 aromatic heterocycles. The third-order valence-electron chi connectivity index (χ3n) is 3.08. The van der Waals surface area contributed by atoms with Gasteiger partial charge in [-0.15, -0.1) is 0 Å². The van der Waals surface area contributed by atoms with Crippen molar-refractivity contribution < 1.29 is 4.79 Å². The maximum absolute atomic E-state index is 11.0. The molecule has 2 aliphatic rings. The fourth-order valence-electron chi connectivity index (χ4n) is 2.17.